The molecule has 0 radical (unpaired) electrons. The summed E-state index contributed by atoms with van der Waals surface area (Å²) in [6.07, 6.45) is 2.06. The van der Waals surface area contributed by atoms with Gasteiger partial charge >= 0.3 is 0 Å². The van der Waals surface area contributed by atoms with Crippen LogP contribution in [0.2, 0.25) is 0 Å². The molecular formula is C12H13N3O3. The minimum Gasteiger partial charge on any atom is -0.489 e. The third-order valence-corrected chi connectivity index (χ3v) is 2.84. The lowest BCUT2D eigenvalue weighted by Gasteiger charge is -2.23. The molecule has 1 atom stereocenters. The Balaban J connectivity index is 2.14. The van der Waals surface area contributed by atoms with Gasteiger partial charge in [0.15, 0.2) is 0 Å². The largest absolute Gasteiger partial charge is 0.489 e. The van der Waals surface area contributed by atoms with E-state index >= 15 is 0 Å². The Morgan fingerprint density at radius 1 is 1.56 bits per heavy atom. The molecule has 6 nitrogen and oxygen atoms in total. The molecule has 1 N–H and O–H groups in total. The number of hydrogen-bond acceptors (Lipinski definition) is 5. The monoisotopic (exact) mass is 247 g/mol. The van der Waals surface area contributed by atoms with Gasteiger partial charge in [-0.15, -0.1) is 0 Å². The molecule has 0 aromatic heterocycles. The van der Waals surface area contributed by atoms with E-state index in [9.17, 15) is 10.1 Å². The number of nitro groups is 1. The fourth-order valence-electron chi connectivity index (χ4n) is 1.95. The summed E-state index contributed by atoms with van der Waals surface area (Å²) in [4.78, 5) is 10.1. The SMILES string of the molecule is N#Cc1cc(O[C@H]2CCCNC2)ccc1[N+](=O)[O-]. The predicted octanol–water partition coefficient (Wildman–Crippen LogP) is 1.60. The third-order valence-electron chi connectivity index (χ3n) is 2.84. The topological polar surface area (TPSA) is 88.2 Å². The van der Waals surface area contributed by atoms with Crippen molar-refractivity contribution in [2.45, 2.75) is 18.9 Å². The molecule has 0 aliphatic carbocycles. The number of piperidine rings is 1. The molecule has 1 fully saturated rings. The lowest BCUT2D eigenvalue weighted by atomic mass is 10.1. The van der Waals surface area contributed by atoms with Crippen LogP contribution < -0.4 is 10.1 Å². The van der Waals surface area contributed by atoms with Crippen LogP contribution in [0.1, 0.15) is 18.4 Å². The maximum atomic E-state index is 10.7. The molecule has 1 aromatic rings. The normalized spacial score (nSPS) is 18.9. The summed E-state index contributed by atoms with van der Waals surface area (Å²) in [7, 11) is 0. The quantitative estimate of drug-likeness (QED) is 0.647. The zero-order valence-corrected chi connectivity index (χ0v) is 9.76. The van der Waals surface area contributed by atoms with E-state index in [0.29, 0.717) is 5.75 Å². The molecule has 0 unspecified atom stereocenters. The highest BCUT2D eigenvalue weighted by molar-refractivity contribution is 5.52. The lowest BCUT2D eigenvalue weighted by molar-refractivity contribution is -0.385. The van der Waals surface area contributed by atoms with Crippen molar-refractivity contribution < 1.29 is 9.66 Å². The molecule has 0 amide bonds. The van der Waals surface area contributed by atoms with Crippen molar-refractivity contribution in [3.63, 3.8) is 0 Å². The standard InChI is InChI=1S/C12H13N3O3/c13-7-9-6-10(3-4-12(9)15(16)17)18-11-2-1-5-14-8-11/h3-4,6,11,14H,1-2,5,8H2/t11-/m0/s1. The highest BCUT2D eigenvalue weighted by atomic mass is 16.6. The first-order valence-corrected chi connectivity index (χ1v) is 5.76. The lowest BCUT2D eigenvalue weighted by Crippen LogP contribution is -2.37. The first kappa shape index (κ1) is 12.3. The Labute approximate surface area is 104 Å². The van der Waals surface area contributed by atoms with E-state index in [-0.39, 0.29) is 17.4 Å². The number of rotatable bonds is 3. The Morgan fingerprint density at radius 3 is 3.00 bits per heavy atom. The van der Waals surface area contributed by atoms with E-state index in [0.717, 1.165) is 25.9 Å². The van der Waals surface area contributed by atoms with Crippen molar-refractivity contribution in [1.82, 2.24) is 5.32 Å². The maximum Gasteiger partial charge on any atom is 0.287 e. The van der Waals surface area contributed by atoms with Gasteiger partial charge < -0.3 is 10.1 Å². The molecule has 6 heteroatoms. The fourth-order valence-corrected chi connectivity index (χ4v) is 1.95. The van der Waals surface area contributed by atoms with Crippen LogP contribution in [0.3, 0.4) is 0 Å². The van der Waals surface area contributed by atoms with Gasteiger partial charge in [0.2, 0.25) is 0 Å². The summed E-state index contributed by atoms with van der Waals surface area (Å²) < 4.78 is 5.70. The van der Waals surface area contributed by atoms with Crippen LogP contribution in [0.25, 0.3) is 0 Å². The molecular weight excluding hydrogens is 234 g/mol. The molecule has 0 spiro atoms. The second-order valence-electron chi connectivity index (χ2n) is 4.13. The van der Waals surface area contributed by atoms with Gasteiger partial charge in [-0.2, -0.15) is 5.26 Å². The molecule has 1 aliphatic rings. The summed E-state index contributed by atoms with van der Waals surface area (Å²) in [6.45, 7) is 1.75. The first-order chi connectivity index (χ1) is 8.70. The number of hydrogen-bond donors (Lipinski definition) is 1. The minimum absolute atomic E-state index is 0.0290. The predicted molar refractivity (Wildman–Crippen MR) is 64.3 cm³/mol. The third kappa shape index (κ3) is 2.76. The highest BCUT2D eigenvalue weighted by Crippen LogP contribution is 2.24. The van der Waals surface area contributed by atoms with Gasteiger partial charge in [0, 0.05) is 18.7 Å². The van der Waals surface area contributed by atoms with Crippen LogP contribution in [0, 0.1) is 21.4 Å². The van der Waals surface area contributed by atoms with Gasteiger partial charge in [-0.1, -0.05) is 0 Å². The molecule has 1 saturated heterocycles. The van der Waals surface area contributed by atoms with Gasteiger partial charge in [-0.05, 0) is 25.5 Å². The van der Waals surface area contributed by atoms with Crippen molar-refractivity contribution >= 4 is 5.69 Å². The van der Waals surface area contributed by atoms with Gasteiger partial charge in [0.25, 0.3) is 5.69 Å². The fraction of sp³-hybridized carbons (Fsp3) is 0.417. The van der Waals surface area contributed by atoms with E-state index in [1.165, 1.54) is 18.2 Å². The zero-order chi connectivity index (χ0) is 13.0. The second kappa shape index (κ2) is 5.47. The van der Waals surface area contributed by atoms with Gasteiger partial charge in [0.1, 0.15) is 23.5 Å². The molecule has 0 bridgehead atoms. The van der Waals surface area contributed by atoms with Crippen molar-refractivity contribution in [2.75, 3.05) is 13.1 Å². The molecule has 0 saturated carbocycles. The molecule has 1 heterocycles. The van der Waals surface area contributed by atoms with Crippen molar-refractivity contribution in [2.24, 2.45) is 0 Å². The smallest absolute Gasteiger partial charge is 0.287 e. The Hall–Kier alpha value is -2.13. The molecule has 1 aliphatic heterocycles. The Bertz CT molecular complexity index is 490. The summed E-state index contributed by atoms with van der Waals surface area (Å²) in [6, 6.07) is 6.09. The zero-order valence-electron chi connectivity index (χ0n) is 9.76. The van der Waals surface area contributed by atoms with E-state index < -0.39 is 4.92 Å². The van der Waals surface area contributed by atoms with Crippen LogP contribution in [0.5, 0.6) is 5.75 Å². The molecule has 18 heavy (non-hydrogen) atoms. The molecule has 2 rings (SSSR count). The second-order valence-corrected chi connectivity index (χ2v) is 4.13. The van der Waals surface area contributed by atoms with Crippen molar-refractivity contribution in [1.29, 1.82) is 5.26 Å². The van der Waals surface area contributed by atoms with Crippen LogP contribution >= 0.6 is 0 Å². The van der Waals surface area contributed by atoms with Crippen molar-refractivity contribution in [3.05, 3.63) is 33.9 Å². The minimum atomic E-state index is -0.565. The van der Waals surface area contributed by atoms with E-state index in [2.05, 4.69) is 5.32 Å². The number of ether oxygens (including phenoxy) is 1. The van der Waals surface area contributed by atoms with Gasteiger partial charge in [-0.3, -0.25) is 10.1 Å². The van der Waals surface area contributed by atoms with Crippen molar-refractivity contribution in [3.8, 4) is 11.8 Å². The van der Waals surface area contributed by atoms with E-state index in [4.69, 9.17) is 10.00 Å². The number of benzene rings is 1. The summed E-state index contributed by atoms with van der Waals surface area (Å²) in [5.41, 5.74) is -0.159. The van der Waals surface area contributed by atoms with E-state index in [1.54, 1.807) is 0 Å². The molecule has 1 aromatic carbocycles. The summed E-state index contributed by atoms with van der Waals surface area (Å²) in [5, 5.41) is 22.8. The Morgan fingerprint density at radius 2 is 2.39 bits per heavy atom. The summed E-state index contributed by atoms with van der Waals surface area (Å²) in [5.74, 6) is 0.505. The average Bonchev–Trinajstić information content (AvgIpc) is 2.39. The number of nitrogens with one attached hydrogen (secondary N) is 1. The van der Waals surface area contributed by atoms with Crippen LogP contribution in [-0.2, 0) is 0 Å². The van der Waals surface area contributed by atoms with E-state index in [1.807, 2.05) is 6.07 Å². The molecule has 94 valence electrons. The summed E-state index contributed by atoms with van der Waals surface area (Å²) >= 11 is 0. The number of nitro benzene ring substituents is 1. The maximum absolute atomic E-state index is 10.7. The van der Waals surface area contributed by atoms with Gasteiger partial charge in [-0.25, -0.2) is 0 Å². The first-order valence-electron chi connectivity index (χ1n) is 5.76. The average molecular weight is 247 g/mol. The van der Waals surface area contributed by atoms with Crippen LogP contribution in [-0.4, -0.2) is 24.1 Å². The van der Waals surface area contributed by atoms with Crippen LogP contribution in [0.15, 0.2) is 18.2 Å². The number of nitrogens with zero attached hydrogens (tertiary/aromatic N) is 2. The number of nitriles is 1. The Kier molecular flexibility index (Phi) is 3.75. The highest BCUT2D eigenvalue weighted by Gasteiger charge is 2.18. The van der Waals surface area contributed by atoms with Gasteiger partial charge in [0.05, 0.1) is 4.92 Å². The van der Waals surface area contributed by atoms with Crippen LogP contribution in [0.4, 0.5) is 5.69 Å².